The zero-order valence-corrected chi connectivity index (χ0v) is 47.2. The van der Waals surface area contributed by atoms with Crippen LogP contribution in [0.5, 0.6) is 5.75 Å². The fourth-order valence-corrected chi connectivity index (χ4v) is 11.5. The lowest BCUT2D eigenvalue weighted by molar-refractivity contribution is -0.143. The van der Waals surface area contributed by atoms with Gasteiger partial charge in [-0.25, -0.2) is 4.79 Å². The Bertz CT molecular complexity index is 3200. The van der Waals surface area contributed by atoms with Crippen LogP contribution in [0.15, 0.2) is 140 Å². The highest BCUT2D eigenvalue weighted by atomic mass is 35.5. The molecule has 83 heavy (non-hydrogen) atoms. The molecule has 3 saturated heterocycles. The maximum Gasteiger partial charge on any atom is 0.407 e. The van der Waals surface area contributed by atoms with Crippen molar-refractivity contribution in [2.75, 3.05) is 32.7 Å². The van der Waals surface area contributed by atoms with Crippen molar-refractivity contribution in [1.29, 1.82) is 0 Å². The van der Waals surface area contributed by atoms with E-state index < -0.39 is 89.8 Å². The molecule has 6 aromatic rings. The summed E-state index contributed by atoms with van der Waals surface area (Å²) < 4.78 is 11.9. The van der Waals surface area contributed by atoms with Gasteiger partial charge < -0.3 is 62.3 Å². The molecule has 7 amide bonds. The van der Waals surface area contributed by atoms with Gasteiger partial charge >= 0.3 is 6.09 Å². The minimum atomic E-state index is -1.39. The Morgan fingerprint density at radius 1 is 0.675 bits per heavy atom. The van der Waals surface area contributed by atoms with Crippen LogP contribution in [0.4, 0.5) is 4.79 Å². The van der Waals surface area contributed by atoms with Gasteiger partial charge in [-0.05, 0) is 109 Å². The Labute approximate surface area is 487 Å². The molecule has 0 radical (unpaired) electrons. The van der Waals surface area contributed by atoms with E-state index in [0.717, 1.165) is 22.0 Å². The minimum Gasteiger partial charge on any atom is -0.489 e. The Kier molecular flexibility index (Phi) is 20.5. The molecule has 436 valence electrons. The highest BCUT2D eigenvalue weighted by Crippen LogP contribution is 2.28. The minimum absolute atomic E-state index is 0.0166. The molecular weight excluding hydrogens is 1080 g/mol. The molecule has 10 N–H and O–H groups in total. The summed E-state index contributed by atoms with van der Waals surface area (Å²) in [6.45, 7) is 3.57. The van der Waals surface area contributed by atoms with Crippen molar-refractivity contribution in [1.82, 2.24) is 47.1 Å². The number of benzene rings is 5. The molecule has 19 nitrogen and oxygen atoms in total. The van der Waals surface area contributed by atoms with Crippen LogP contribution in [0.3, 0.4) is 0 Å². The van der Waals surface area contributed by atoms with E-state index in [2.05, 4.69) is 42.2 Å². The molecule has 3 fully saturated rings. The number of fused-ring (bicyclic) bond motifs is 2. The first-order valence-corrected chi connectivity index (χ1v) is 28.9. The zero-order valence-electron chi connectivity index (χ0n) is 46.5. The van der Waals surface area contributed by atoms with Gasteiger partial charge in [0.1, 0.15) is 54.7 Å². The summed E-state index contributed by atoms with van der Waals surface area (Å²) >= 11 is 6.51. The number of aromatic amines is 1. The summed E-state index contributed by atoms with van der Waals surface area (Å²) in [7, 11) is 0. The number of nitrogens with two attached hydrogens (primary N) is 1. The lowest BCUT2D eigenvalue weighted by Crippen LogP contribution is -2.63. The number of nitrogens with one attached hydrogen (secondary N) is 8. The van der Waals surface area contributed by atoms with Gasteiger partial charge in [-0.3, -0.25) is 28.8 Å². The topological polar surface area (TPSA) is 267 Å². The monoisotopic (exact) mass is 1150 g/mol. The SMILES string of the molecule is C[C@@H](C1CCNCC1)[C@@H]1NC(=O)[C@@H](Cc2c[nH]c3ccccc23)NC(=O)[C@H](CCc2ccccc2)NC(=O)[C@@H]2C[C@@H](OC(=O)NCCN)CN2C(=O)[C@H](Cc2cccc(Cl)c2)NC(=O)[C@H](Cc2ccc(OCc3ccccc3)cc2)NC1=O. The second-order valence-electron chi connectivity index (χ2n) is 21.7. The standard InChI is InChI=1S/C63H73ClN10O9/c1-39(44-25-28-66-29-26-44)56-61(79)71-52(32-41-19-22-47(23-20-41)82-38-42-13-6-3-7-14-42)58(76)72-54(33-43-15-10-16-46(64)31-43)62(80)74-37-48(83-63(81)67-30-27-65)35-55(74)60(78)69-51(24-21-40-11-4-2-5-12-40)57(75)70-53(59(77)73-56)34-45-36-68-50-18-9-8-17-49(45)50/h2-20,22-23,31,36,39,44,48,51-56,66,68H,21,24-30,32-35,37-38,65H2,1H3,(H,67,81)(H,69,78)(H,70,75)(H,71,79)(H,72,76)(H,73,77)/t39-,48+,51-,52-,53+,54-,55-,56-/m0/s1. The number of aromatic nitrogens is 1. The molecule has 1 aromatic heterocycles. The number of para-hydroxylation sites is 1. The Morgan fingerprint density at radius 3 is 2.04 bits per heavy atom. The molecule has 0 spiro atoms. The Balaban J connectivity index is 1.12. The zero-order chi connectivity index (χ0) is 58.2. The maximum absolute atomic E-state index is 15.5. The van der Waals surface area contributed by atoms with Gasteiger partial charge in [-0.15, -0.1) is 0 Å². The van der Waals surface area contributed by atoms with E-state index >= 15 is 28.8 Å². The fourth-order valence-electron chi connectivity index (χ4n) is 11.3. The highest BCUT2D eigenvalue weighted by molar-refractivity contribution is 6.30. The second-order valence-corrected chi connectivity index (χ2v) is 22.1. The van der Waals surface area contributed by atoms with Crippen LogP contribution in [0.1, 0.15) is 60.4 Å². The molecule has 5 aromatic carbocycles. The molecule has 4 heterocycles. The van der Waals surface area contributed by atoms with Crippen LogP contribution in [-0.2, 0) is 65.8 Å². The number of halogens is 1. The number of ether oxygens (including phenoxy) is 2. The van der Waals surface area contributed by atoms with Crippen molar-refractivity contribution in [2.45, 2.75) is 107 Å². The highest BCUT2D eigenvalue weighted by Gasteiger charge is 2.46. The number of nitrogens with zero attached hydrogens (tertiary/aromatic N) is 1. The number of carbonyl (C=O) groups excluding carboxylic acids is 7. The van der Waals surface area contributed by atoms with Gasteiger partial charge in [0, 0.05) is 60.9 Å². The van der Waals surface area contributed by atoms with Crippen LogP contribution >= 0.6 is 11.6 Å². The molecule has 20 heteroatoms. The molecule has 3 aliphatic heterocycles. The number of piperidine rings is 1. The third-order valence-electron chi connectivity index (χ3n) is 15.9. The van der Waals surface area contributed by atoms with Crippen molar-refractivity contribution in [3.8, 4) is 5.75 Å². The molecule has 8 atom stereocenters. The predicted octanol–water partition coefficient (Wildman–Crippen LogP) is 4.79. The van der Waals surface area contributed by atoms with E-state index in [4.69, 9.17) is 26.8 Å². The first-order chi connectivity index (χ1) is 40.3. The molecule has 0 bridgehead atoms. The van der Waals surface area contributed by atoms with Crippen LogP contribution in [0.25, 0.3) is 10.9 Å². The van der Waals surface area contributed by atoms with Crippen LogP contribution in [0, 0.1) is 11.8 Å². The molecular formula is C63H73ClN10O9. The first-order valence-electron chi connectivity index (χ1n) is 28.5. The summed E-state index contributed by atoms with van der Waals surface area (Å²) in [6.07, 6.45) is 1.38. The summed E-state index contributed by atoms with van der Waals surface area (Å²) in [6, 6.07) is 32.7. The first kappa shape index (κ1) is 59.4. The number of rotatable bonds is 17. The number of aryl methyl sites for hydroxylation is 1. The smallest absolute Gasteiger partial charge is 0.407 e. The summed E-state index contributed by atoms with van der Waals surface area (Å²) in [5.41, 5.74) is 10.2. The van der Waals surface area contributed by atoms with Crippen molar-refractivity contribution >= 4 is 64.0 Å². The van der Waals surface area contributed by atoms with E-state index in [0.29, 0.717) is 66.4 Å². The van der Waals surface area contributed by atoms with Crippen molar-refractivity contribution < 1.29 is 43.0 Å². The number of amides is 7. The average Bonchev–Trinajstić information content (AvgIpc) is 4.15. The predicted molar refractivity (Wildman–Crippen MR) is 315 cm³/mol. The van der Waals surface area contributed by atoms with E-state index in [1.165, 1.54) is 4.90 Å². The van der Waals surface area contributed by atoms with Crippen molar-refractivity contribution in [3.63, 3.8) is 0 Å². The van der Waals surface area contributed by atoms with E-state index in [1.807, 2.05) is 91.9 Å². The van der Waals surface area contributed by atoms with Crippen molar-refractivity contribution in [3.05, 3.63) is 172 Å². The lowest BCUT2D eigenvalue weighted by atomic mass is 9.81. The number of alkyl carbamates (subject to hydrolysis) is 1. The quantitative estimate of drug-likeness (QED) is 0.0600. The van der Waals surface area contributed by atoms with Gasteiger partial charge in [-0.2, -0.15) is 0 Å². The van der Waals surface area contributed by atoms with E-state index in [-0.39, 0.29) is 57.7 Å². The van der Waals surface area contributed by atoms with Gasteiger partial charge in [0.05, 0.1) is 6.54 Å². The number of hydrogen-bond donors (Lipinski definition) is 9. The maximum atomic E-state index is 15.5. The summed E-state index contributed by atoms with van der Waals surface area (Å²) in [4.78, 5) is 109. The largest absolute Gasteiger partial charge is 0.489 e. The number of carbonyl (C=O) groups is 7. The van der Waals surface area contributed by atoms with Gasteiger partial charge in [0.25, 0.3) is 0 Å². The third kappa shape index (κ3) is 16.1. The third-order valence-corrected chi connectivity index (χ3v) is 16.1. The van der Waals surface area contributed by atoms with E-state index in [1.54, 1.807) is 54.7 Å². The lowest BCUT2D eigenvalue weighted by Gasteiger charge is -2.35. The average molecular weight is 1150 g/mol. The number of H-pyrrole nitrogens is 1. The molecule has 9 rings (SSSR count). The molecule has 0 aliphatic carbocycles. The Morgan fingerprint density at radius 2 is 1.30 bits per heavy atom. The van der Waals surface area contributed by atoms with Crippen LogP contribution in [0.2, 0.25) is 5.02 Å². The van der Waals surface area contributed by atoms with Crippen LogP contribution in [-0.4, -0.2) is 126 Å². The number of hydrogen-bond acceptors (Lipinski definition) is 11. The second kappa shape index (κ2) is 28.6. The normalized spacial score (nSPS) is 22.6. The van der Waals surface area contributed by atoms with E-state index in [9.17, 15) is 4.79 Å². The van der Waals surface area contributed by atoms with Gasteiger partial charge in [0.2, 0.25) is 35.4 Å². The summed E-state index contributed by atoms with van der Waals surface area (Å²) in [5, 5.41) is 22.1. The Hall–Kier alpha value is -8.26. The van der Waals surface area contributed by atoms with Gasteiger partial charge in [-0.1, -0.05) is 122 Å². The molecule has 0 unspecified atom stereocenters. The van der Waals surface area contributed by atoms with Gasteiger partial charge in [0.15, 0.2) is 0 Å². The molecule has 3 aliphatic rings. The van der Waals surface area contributed by atoms with Crippen LogP contribution < -0.4 is 47.7 Å². The van der Waals surface area contributed by atoms with Crippen molar-refractivity contribution in [2.24, 2.45) is 17.6 Å². The summed E-state index contributed by atoms with van der Waals surface area (Å²) in [5.74, 6) is -4.10. The fraction of sp³-hybridized carbons (Fsp3) is 0.381. The molecule has 0 saturated carbocycles.